The van der Waals surface area contributed by atoms with Crippen LogP contribution >= 0.6 is 0 Å². The van der Waals surface area contributed by atoms with Crippen molar-refractivity contribution < 1.29 is 4.79 Å². The molecule has 132 valence electrons. The third-order valence-electron chi connectivity index (χ3n) is 4.10. The molecule has 0 aliphatic rings. The Morgan fingerprint density at radius 2 is 1.92 bits per heavy atom. The lowest BCUT2D eigenvalue weighted by Gasteiger charge is -2.13. The summed E-state index contributed by atoms with van der Waals surface area (Å²) in [6.45, 7) is 1.80. The first-order chi connectivity index (χ1) is 12.4. The van der Waals surface area contributed by atoms with Gasteiger partial charge in [-0.05, 0) is 36.8 Å². The minimum absolute atomic E-state index is 0.166. The molecule has 3 aromatic rings. The normalized spacial score (nSPS) is 10.5. The largest absolute Gasteiger partial charge is 0.399 e. The first-order valence-corrected chi connectivity index (χ1v) is 7.97. The quantitative estimate of drug-likeness (QED) is 0.624. The van der Waals surface area contributed by atoms with Crippen LogP contribution in [0.3, 0.4) is 0 Å². The highest BCUT2D eigenvalue weighted by molar-refractivity contribution is 5.96. The van der Waals surface area contributed by atoms with Crippen LogP contribution in [0.15, 0.2) is 53.5 Å². The van der Waals surface area contributed by atoms with Gasteiger partial charge in [0.05, 0.1) is 5.69 Å². The Bertz CT molecular complexity index is 1060. The van der Waals surface area contributed by atoms with E-state index in [-0.39, 0.29) is 11.4 Å². The molecule has 7 heteroatoms. The molecule has 1 heterocycles. The number of hydrogen-bond donors (Lipinski definition) is 3. The number of primary amides is 1. The molecule has 0 aliphatic heterocycles. The number of anilines is 3. The Labute approximate surface area is 150 Å². The smallest absolute Gasteiger partial charge is 0.293 e. The van der Waals surface area contributed by atoms with Gasteiger partial charge in [-0.25, -0.2) is 4.98 Å². The molecule has 0 saturated carbocycles. The molecule has 26 heavy (non-hydrogen) atoms. The predicted molar refractivity (Wildman–Crippen MR) is 102 cm³/mol. The molecule has 1 amide bonds. The zero-order valence-electron chi connectivity index (χ0n) is 14.5. The topological polar surface area (TPSA) is 116 Å². The van der Waals surface area contributed by atoms with E-state index in [1.54, 1.807) is 56.6 Å². The van der Waals surface area contributed by atoms with Crippen molar-refractivity contribution in [2.45, 2.75) is 6.92 Å². The zero-order chi connectivity index (χ0) is 18.8. The number of rotatable bonds is 4. The minimum Gasteiger partial charge on any atom is -0.399 e. The SMILES string of the molecule is Cc1c(C(N)=O)cccc1-c1cn(C)c(=O)c(Nc2cccc(N)c2)n1. The second-order valence-electron chi connectivity index (χ2n) is 5.98. The van der Waals surface area contributed by atoms with Crippen molar-refractivity contribution >= 4 is 23.1 Å². The van der Waals surface area contributed by atoms with Crippen molar-refractivity contribution in [2.24, 2.45) is 12.8 Å². The fourth-order valence-corrected chi connectivity index (χ4v) is 2.75. The van der Waals surface area contributed by atoms with E-state index < -0.39 is 5.91 Å². The first-order valence-electron chi connectivity index (χ1n) is 7.97. The lowest BCUT2D eigenvalue weighted by atomic mass is 10.00. The van der Waals surface area contributed by atoms with Crippen molar-refractivity contribution in [3.63, 3.8) is 0 Å². The van der Waals surface area contributed by atoms with Crippen molar-refractivity contribution in [1.29, 1.82) is 0 Å². The molecule has 5 N–H and O–H groups in total. The van der Waals surface area contributed by atoms with Crippen LogP contribution in [0.1, 0.15) is 15.9 Å². The van der Waals surface area contributed by atoms with Crippen LogP contribution in [-0.2, 0) is 7.05 Å². The maximum absolute atomic E-state index is 12.4. The van der Waals surface area contributed by atoms with Gasteiger partial charge in [-0.15, -0.1) is 0 Å². The van der Waals surface area contributed by atoms with Gasteiger partial charge in [0.15, 0.2) is 5.82 Å². The Morgan fingerprint density at radius 3 is 2.62 bits per heavy atom. The Kier molecular flexibility index (Phi) is 4.45. The van der Waals surface area contributed by atoms with Gasteiger partial charge in [0.1, 0.15) is 0 Å². The average Bonchev–Trinajstić information content (AvgIpc) is 2.59. The van der Waals surface area contributed by atoms with Gasteiger partial charge in [-0.2, -0.15) is 0 Å². The fraction of sp³-hybridized carbons (Fsp3) is 0.105. The van der Waals surface area contributed by atoms with Crippen molar-refractivity contribution in [2.75, 3.05) is 11.1 Å². The molecule has 2 aromatic carbocycles. The number of nitrogen functional groups attached to an aromatic ring is 1. The first kappa shape index (κ1) is 17.2. The van der Waals surface area contributed by atoms with Crippen molar-refractivity contribution in [1.82, 2.24) is 9.55 Å². The van der Waals surface area contributed by atoms with E-state index in [2.05, 4.69) is 10.3 Å². The number of nitrogens with zero attached hydrogens (tertiary/aromatic N) is 2. The Hall–Kier alpha value is -3.61. The van der Waals surface area contributed by atoms with E-state index in [4.69, 9.17) is 11.5 Å². The van der Waals surface area contributed by atoms with E-state index in [0.717, 1.165) is 5.56 Å². The van der Waals surface area contributed by atoms with Gasteiger partial charge >= 0.3 is 0 Å². The van der Waals surface area contributed by atoms with Gasteiger partial charge in [-0.3, -0.25) is 9.59 Å². The summed E-state index contributed by atoms with van der Waals surface area (Å²) in [5, 5.41) is 3.00. The highest BCUT2D eigenvalue weighted by Gasteiger charge is 2.14. The molecule has 7 nitrogen and oxygen atoms in total. The number of aromatic nitrogens is 2. The van der Waals surface area contributed by atoms with Gasteiger partial charge in [0.2, 0.25) is 5.91 Å². The van der Waals surface area contributed by atoms with Crippen molar-refractivity contribution in [3.8, 4) is 11.3 Å². The van der Waals surface area contributed by atoms with E-state index in [9.17, 15) is 9.59 Å². The standard InChI is InChI=1S/C19H19N5O2/c1-11-14(7-4-8-15(11)17(21)25)16-10-24(2)19(26)18(23-16)22-13-6-3-5-12(20)9-13/h3-10H,20H2,1-2H3,(H2,21,25)(H,22,23). The summed E-state index contributed by atoms with van der Waals surface area (Å²) >= 11 is 0. The highest BCUT2D eigenvalue weighted by atomic mass is 16.1. The monoisotopic (exact) mass is 349 g/mol. The molecule has 0 radical (unpaired) electrons. The number of nitrogens with one attached hydrogen (secondary N) is 1. The molecule has 0 unspecified atom stereocenters. The van der Waals surface area contributed by atoms with Crippen LogP contribution in [0.2, 0.25) is 0 Å². The summed E-state index contributed by atoms with van der Waals surface area (Å²) < 4.78 is 1.44. The second kappa shape index (κ2) is 6.72. The number of nitrogens with two attached hydrogens (primary N) is 2. The van der Waals surface area contributed by atoms with Gasteiger partial charge in [-0.1, -0.05) is 18.2 Å². The van der Waals surface area contributed by atoms with Crippen LogP contribution in [0.4, 0.5) is 17.2 Å². The maximum atomic E-state index is 12.4. The maximum Gasteiger partial charge on any atom is 0.293 e. The van der Waals surface area contributed by atoms with E-state index in [0.29, 0.717) is 28.2 Å². The Morgan fingerprint density at radius 1 is 1.19 bits per heavy atom. The summed E-state index contributed by atoms with van der Waals surface area (Å²) in [5.41, 5.74) is 14.6. The molecule has 0 spiro atoms. The van der Waals surface area contributed by atoms with Gasteiger partial charge in [0.25, 0.3) is 5.56 Å². The summed E-state index contributed by atoms with van der Waals surface area (Å²) in [4.78, 5) is 28.5. The summed E-state index contributed by atoms with van der Waals surface area (Å²) in [6, 6.07) is 12.3. The third kappa shape index (κ3) is 3.27. The van der Waals surface area contributed by atoms with Crippen molar-refractivity contribution in [3.05, 3.63) is 70.1 Å². The number of aryl methyl sites for hydroxylation is 1. The number of carbonyl (C=O) groups excluding carboxylic acids is 1. The van der Waals surface area contributed by atoms with Crippen LogP contribution in [0.25, 0.3) is 11.3 Å². The van der Waals surface area contributed by atoms with Crippen LogP contribution in [-0.4, -0.2) is 15.5 Å². The van der Waals surface area contributed by atoms with E-state index in [1.165, 1.54) is 4.57 Å². The number of hydrogen-bond acceptors (Lipinski definition) is 5. The minimum atomic E-state index is -0.507. The molecule has 0 fully saturated rings. The van der Waals surface area contributed by atoms with Gasteiger partial charge < -0.3 is 21.4 Å². The lowest BCUT2D eigenvalue weighted by Crippen LogP contribution is -2.21. The van der Waals surface area contributed by atoms with Crippen LogP contribution in [0, 0.1) is 6.92 Å². The number of carbonyl (C=O) groups is 1. The number of benzene rings is 2. The third-order valence-corrected chi connectivity index (χ3v) is 4.10. The lowest BCUT2D eigenvalue weighted by molar-refractivity contribution is 0.1000. The average molecular weight is 349 g/mol. The molecule has 3 rings (SSSR count). The molecule has 0 saturated heterocycles. The second-order valence-corrected chi connectivity index (χ2v) is 5.98. The van der Waals surface area contributed by atoms with E-state index >= 15 is 0 Å². The molecule has 1 aromatic heterocycles. The van der Waals surface area contributed by atoms with Crippen LogP contribution < -0.4 is 22.3 Å². The molecular weight excluding hydrogens is 330 g/mol. The van der Waals surface area contributed by atoms with Gasteiger partial charge in [0, 0.05) is 35.7 Å². The Balaban J connectivity index is 2.11. The summed E-state index contributed by atoms with van der Waals surface area (Å²) in [5.74, 6) is -0.341. The number of amides is 1. The molecular formula is C19H19N5O2. The summed E-state index contributed by atoms with van der Waals surface area (Å²) in [6.07, 6.45) is 1.62. The van der Waals surface area contributed by atoms with E-state index in [1.807, 2.05) is 6.07 Å². The highest BCUT2D eigenvalue weighted by Crippen LogP contribution is 2.25. The molecule has 0 atom stereocenters. The molecule has 0 bridgehead atoms. The summed E-state index contributed by atoms with van der Waals surface area (Å²) in [7, 11) is 1.64. The van der Waals surface area contributed by atoms with Crippen LogP contribution in [0.5, 0.6) is 0 Å². The predicted octanol–water partition coefficient (Wildman–Crippen LogP) is 2.18. The zero-order valence-corrected chi connectivity index (χ0v) is 14.5. The fourth-order valence-electron chi connectivity index (χ4n) is 2.75. The molecule has 0 aliphatic carbocycles.